The van der Waals surface area contributed by atoms with Crippen LogP contribution in [0.5, 0.6) is 0 Å². The van der Waals surface area contributed by atoms with E-state index in [-0.39, 0.29) is 24.4 Å². The normalized spacial score (nSPS) is 19.9. The van der Waals surface area contributed by atoms with Crippen LogP contribution in [0.4, 0.5) is 0 Å². The van der Waals surface area contributed by atoms with Crippen molar-refractivity contribution in [2.45, 2.75) is 72.8 Å². The van der Waals surface area contributed by atoms with Crippen molar-refractivity contribution >= 4 is 17.7 Å². The summed E-state index contributed by atoms with van der Waals surface area (Å²) in [7, 11) is 0. The number of hydrogen-bond donors (Lipinski definition) is 1. The molecule has 0 radical (unpaired) electrons. The summed E-state index contributed by atoms with van der Waals surface area (Å²) in [6.07, 6.45) is 5.32. The van der Waals surface area contributed by atoms with Crippen LogP contribution >= 0.6 is 0 Å². The number of carbonyl (C=O) groups is 2. The maximum Gasteiger partial charge on any atom is 0.378 e. The van der Waals surface area contributed by atoms with Crippen LogP contribution in [0.15, 0.2) is 6.07 Å². The number of fused-ring (bicyclic) bond motifs is 1. The van der Waals surface area contributed by atoms with Crippen molar-refractivity contribution in [2.24, 2.45) is 11.3 Å². The molecule has 8 heteroatoms. The fourth-order valence-electron chi connectivity index (χ4n) is 4.03. The van der Waals surface area contributed by atoms with E-state index in [2.05, 4.69) is 41.2 Å². The van der Waals surface area contributed by atoms with Gasteiger partial charge in [-0.25, -0.2) is 14.3 Å². The first kappa shape index (κ1) is 21.2. The van der Waals surface area contributed by atoms with Gasteiger partial charge in [-0.3, -0.25) is 4.79 Å². The Bertz CT molecular complexity index is 897. The second kappa shape index (κ2) is 8.47. The average Bonchev–Trinajstić information content (AvgIpc) is 3.11. The number of nitrogens with zero attached hydrogens (tertiary/aromatic N) is 4. The second-order valence-electron chi connectivity index (χ2n) is 8.72. The average molecular weight is 402 g/mol. The van der Waals surface area contributed by atoms with Crippen molar-refractivity contribution in [3.63, 3.8) is 0 Å². The highest BCUT2D eigenvalue weighted by atomic mass is 16.5. The Morgan fingerprint density at radius 2 is 1.90 bits per heavy atom. The van der Waals surface area contributed by atoms with Crippen molar-refractivity contribution in [1.29, 1.82) is 0 Å². The Kier molecular flexibility index (Phi) is 6.19. The summed E-state index contributed by atoms with van der Waals surface area (Å²) in [6.45, 7) is 10.2. The Hall–Kier alpha value is -2.51. The number of carbonyl (C=O) groups excluding carboxylic acids is 2. The van der Waals surface area contributed by atoms with Gasteiger partial charge >= 0.3 is 5.97 Å². The molecule has 0 spiro atoms. The highest BCUT2D eigenvalue weighted by Gasteiger charge is 2.32. The molecule has 0 unspecified atom stereocenters. The van der Waals surface area contributed by atoms with E-state index in [0.717, 1.165) is 43.5 Å². The number of ether oxygens (including phenoxy) is 1. The predicted octanol–water partition coefficient (Wildman–Crippen LogP) is 3.01. The summed E-state index contributed by atoms with van der Waals surface area (Å²) in [5.74, 6) is -0.0751. The van der Waals surface area contributed by atoms with Crippen molar-refractivity contribution in [3.05, 3.63) is 23.3 Å². The first-order valence-corrected chi connectivity index (χ1v) is 10.4. The molecule has 2 aromatic rings. The summed E-state index contributed by atoms with van der Waals surface area (Å²) in [5, 5.41) is 7.11. The van der Waals surface area contributed by atoms with Gasteiger partial charge in [0, 0.05) is 17.4 Å². The summed E-state index contributed by atoms with van der Waals surface area (Å²) in [6, 6.07) is 1.99. The molecule has 1 aliphatic rings. The van der Waals surface area contributed by atoms with Crippen LogP contribution in [0.1, 0.15) is 74.9 Å². The first-order valence-electron chi connectivity index (χ1n) is 10.4. The Labute approximate surface area is 171 Å². The summed E-state index contributed by atoms with van der Waals surface area (Å²) >= 11 is 0. The largest absolute Gasteiger partial charge is 0.450 e. The van der Waals surface area contributed by atoms with E-state index in [0.29, 0.717) is 17.1 Å². The number of aromatic nitrogens is 4. The van der Waals surface area contributed by atoms with E-state index in [1.807, 2.05) is 19.9 Å². The van der Waals surface area contributed by atoms with Gasteiger partial charge in [0.1, 0.15) is 0 Å². The van der Waals surface area contributed by atoms with Gasteiger partial charge in [0.05, 0.1) is 0 Å². The molecule has 3 rings (SSSR count). The zero-order chi connectivity index (χ0) is 21.2. The molecule has 1 N–H and O–H groups in total. The van der Waals surface area contributed by atoms with Gasteiger partial charge in [-0.1, -0.05) is 27.2 Å². The first-order chi connectivity index (χ1) is 13.7. The van der Waals surface area contributed by atoms with Crippen LogP contribution < -0.4 is 5.32 Å². The minimum atomic E-state index is -0.726. The predicted molar refractivity (Wildman–Crippen MR) is 108 cm³/mol. The Balaban J connectivity index is 1.49. The summed E-state index contributed by atoms with van der Waals surface area (Å²) < 4.78 is 6.59. The highest BCUT2D eigenvalue weighted by molar-refractivity contribution is 5.88. The van der Waals surface area contributed by atoms with E-state index in [9.17, 15) is 9.59 Å². The SMILES string of the molecule is CCC(C)(C)C1CCC(NC(=O)COC(=O)c2nc3nc(C)cc(C)n3n2)CC1. The van der Waals surface area contributed by atoms with Crippen molar-refractivity contribution in [3.8, 4) is 0 Å². The molecule has 29 heavy (non-hydrogen) atoms. The Morgan fingerprint density at radius 1 is 1.21 bits per heavy atom. The highest BCUT2D eigenvalue weighted by Crippen LogP contribution is 2.40. The van der Waals surface area contributed by atoms with E-state index in [4.69, 9.17) is 4.74 Å². The second-order valence-corrected chi connectivity index (χ2v) is 8.72. The van der Waals surface area contributed by atoms with Gasteiger partial charge in [-0.15, -0.1) is 5.10 Å². The zero-order valence-corrected chi connectivity index (χ0v) is 18.0. The zero-order valence-electron chi connectivity index (χ0n) is 18.0. The number of esters is 1. The Morgan fingerprint density at radius 3 is 2.55 bits per heavy atom. The van der Waals surface area contributed by atoms with Crippen LogP contribution in [-0.4, -0.2) is 44.1 Å². The molecule has 8 nitrogen and oxygen atoms in total. The summed E-state index contributed by atoms with van der Waals surface area (Å²) in [4.78, 5) is 32.8. The van der Waals surface area contributed by atoms with Crippen molar-refractivity contribution in [2.75, 3.05) is 6.61 Å². The number of aryl methyl sites for hydroxylation is 2. The van der Waals surface area contributed by atoms with E-state index >= 15 is 0 Å². The van der Waals surface area contributed by atoms with Crippen LogP contribution in [0, 0.1) is 25.2 Å². The van der Waals surface area contributed by atoms with E-state index in [1.165, 1.54) is 4.52 Å². The lowest BCUT2D eigenvalue weighted by atomic mass is 9.69. The molecule has 0 bridgehead atoms. The number of rotatable bonds is 6. The van der Waals surface area contributed by atoms with Crippen molar-refractivity contribution in [1.82, 2.24) is 24.9 Å². The third kappa shape index (κ3) is 4.92. The van der Waals surface area contributed by atoms with Crippen molar-refractivity contribution < 1.29 is 14.3 Å². The minimum Gasteiger partial charge on any atom is -0.450 e. The van der Waals surface area contributed by atoms with E-state index < -0.39 is 5.97 Å². The monoisotopic (exact) mass is 401 g/mol. The lowest BCUT2D eigenvalue weighted by molar-refractivity contribution is -0.125. The fourth-order valence-corrected chi connectivity index (χ4v) is 4.03. The number of hydrogen-bond acceptors (Lipinski definition) is 6. The number of amides is 1. The molecule has 1 saturated carbocycles. The fraction of sp³-hybridized carbons (Fsp3) is 0.667. The molecule has 0 saturated heterocycles. The van der Waals surface area contributed by atoms with Gasteiger partial charge in [0.15, 0.2) is 6.61 Å². The third-order valence-corrected chi connectivity index (χ3v) is 6.24. The topological polar surface area (TPSA) is 98.5 Å². The molecule has 2 aromatic heterocycles. The van der Waals surface area contributed by atoms with Gasteiger partial charge in [-0.05, 0) is 56.9 Å². The lowest BCUT2D eigenvalue weighted by Gasteiger charge is -2.39. The molecule has 0 aliphatic heterocycles. The number of nitrogens with one attached hydrogen (secondary N) is 1. The van der Waals surface area contributed by atoms with Gasteiger partial charge in [-0.2, -0.15) is 4.98 Å². The van der Waals surface area contributed by atoms with Crippen LogP contribution in [0.3, 0.4) is 0 Å². The smallest absolute Gasteiger partial charge is 0.378 e. The van der Waals surface area contributed by atoms with Crippen LogP contribution in [0.25, 0.3) is 5.78 Å². The standard InChI is InChI=1S/C21H31N5O3/c1-6-21(4,5)15-7-9-16(10-8-15)23-17(27)12-29-19(28)18-24-20-22-13(2)11-14(3)26(20)25-18/h11,15-16H,6-10,12H2,1-5H3,(H,23,27). The maximum absolute atomic E-state index is 12.2. The molecular weight excluding hydrogens is 370 g/mol. The van der Waals surface area contributed by atoms with E-state index in [1.54, 1.807) is 0 Å². The maximum atomic E-state index is 12.2. The quantitative estimate of drug-likeness (QED) is 0.747. The molecule has 158 valence electrons. The lowest BCUT2D eigenvalue weighted by Crippen LogP contribution is -2.41. The summed E-state index contributed by atoms with van der Waals surface area (Å²) in [5.41, 5.74) is 1.95. The van der Waals surface area contributed by atoms with Gasteiger partial charge < -0.3 is 10.1 Å². The third-order valence-electron chi connectivity index (χ3n) is 6.24. The van der Waals surface area contributed by atoms with Crippen LogP contribution in [0.2, 0.25) is 0 Å². The molecule has 0 atom stereocenters. The van der Waals surface area contributed by atoms with Gasteiger partial charge in [0.25, 0.3) is 17.5 Å². The minimum absolute atomic E-state index is 0.0960. The molecule has 2 heterocycles. The molecule has 0 aromatic carbocycles. The molecule has 1 amide bonds. The molecule has 1 aliphatic carbocycles. The van der Waals surface area contributed by atoms with Crippen LogP contribution in [-0.2, 0) is 9.53 Å². The van der Waals surface area contributed by atoms with Gasteiger partial charge in [0.2, 0.25) is 0 Å². The molecular formula is C21H31N5O3. The molecule has 1 fully saturated rings.